The number of phenolic OH excluding ortho intramolecular Hbond substituents is 1. The third kappa shape index (κ3) is 4.56. The van der Waals surface area contributed by atoms with E-state index in [1.165, 1.54) is 6.07 Å². The molecule has 0 aliphatic rings. The first-order valence-electron chi connectivity index (χ1n) is 8.20. The molecule has 144 valence electrons. The Balaban J connectivity index is 0.000000194. The normalized spacial score (nSPS) is 11.2. The maximum atomic E-state index is 11.3. The lowest BCUT2D eigenvalue weighted by atomic mass is 10.1. The number of aryl methyl sites for hydroxylation is 4. The molecule has 2 aromatic carbocycles. The molecule has 0 aliphatic heterocycles. The van der Waals surface area contributed by atoms with Crippen molar-refractivity contribution in [1.82, 2.24) is 0 Å². The zero-order valence-corrected chi connectivity index (χ0v) is 16.6. The van der Waals surface area contributed by atoms with E-state index in [1.54, 1.807) is 45.0 Å². The Hall–Kier alpha value is -2.64. The Morgan fingerprint density at radius 2 is 1.44 bits per heavy atom. The van der Waals surface area contributed by atoms with Crippen LogP contribution in [0.15, 0.2) is 44.4 Å². The minimum Gasteiger partial charge on any atom is -0.508 e. The Kier molecular flexibility index (Phi) is 5.77. The van der Waals surface area contributed by atoms with Crippen LogP contribution in [0.4, 0.5) is 0 Å². The minimum atomic E-state index is -4.08. The van der Waals surface area contributed by atoms with Gasteiger partial charge in [-0.3, -0.25) is 4.55 Å². The van der Waals surface area contributed by atoms with Gasteiger partial charge in [0, 0.05) is 17.0 Å². The number of hydrogen-bond acceptors (Lipinski definition) is 5. The van der Waals surface area contributed by atoms with Crippen LogP contribution in [0.3, 0.4) is 0 Å². The van der Waals surface area contributed by atoms with Crippen molar-refractivity contribution >= 4 is 21.1 Å². The Morgan fingerprint density at radius 3 is 1.96 bits per heavy atom. The second-order valence-corrected chi connectivity index (χ2v) is 7.88. The fourth-order valence-electron chi connectivity index (χ4n) is 3.01. The molecule has 7 heteroatoms. The second kappa shape index (κ2) is 7.54. The number of hydrogen-bond donors (Lipinski definition) is 2. The van der Waals surface area contributed by atoms with Crippen molar-refractivity contribution in [1.29, 1.82) is 0 Å². The van der Waals surface area contributed by atoms with E-state index in [1.807, 2.05) is 13.8 Å². The van der Waals surface area contributed by atoms with Crippen molar-refractivity contribution in [2.24, 2.45) is 0 Å². The number of rotatable bonds is 1. The molecule has 3 aromatic rings. The van der Waals surface area contributed by atoms with Gasteiger partial charge in [-0.15, -0.1) is 0 Å². The summed E-state index contributed by atoms with van der Waals surface area (Å²) < 4.78 is 35.8. The first-order chi connectivity index (χ1) is 12.4. The van der Waals surface area contributed by atoms with Crippen LogP contribution < -0.4 is 5.63 Å². The topological polar surface area (TPSA) is 105 Å². The van der Waals surface area contributed by atoms with Crippen LogP contribution in [0.5, 0.6) is 5.75 Å². The first kappa shape index (κ1) is 20.7. The third-order valence-corrected chi connectivity index (χ3v) is 5.46. The van der Waals surface area contributed by atoms with E-state index >= 15 is 0 Å². The van der Waals surface area contributed by atoms with Gasteiger partial charge in [-0.1, -0.05) is 17.7 Å². The highest BCUT2D eigenvalue weighted by Crippen LogP contribution is 2.23. The maximum absolute atomic E-state index is 11.3. The molecule has 0 saturated heterocycles. The summed E-state index contributed by atoms with van der Waals surface area (Å²) in [6.45, 7) is 8.82. The highest BCUT2D eigenvalue weighted by atomic mass is 32.2. The predicted octanol–water partition coefficient (Wildman–Crippen LogP) is 3.97. The van der Waals surface area contributed by atoms with Crippen LogP contribution >= 0.6 is 0 Å². The molecular formula is C20H22O6S. The summed E-state index contributed by atoms with van der Waals surface area (Å²) >= 11 is 0. The summed E-state index contributed by atoms with van der Waals surface area (Å²) in [5, 5.41) is 10.1. The van der Waals surface area contributed by atoms with Crippen LogP contribution in [0, 0.1) is 34.6 Å². The summed E-state index contributed by atoms with van der Waals surface area (Å²) in [6.07, 6.45) is 0. The summed E-state index contributed by atoms with van der Waals surface area (Å²) in [5.74, 6) is 0.101. The number of benzene rings is 2. The fraction of sp³-hybridized carbons (Fsp3) is 0.250. The smallest absolute Gasteiger partial charge is 0.339 e. The van der Waals surface area contributed by atoms with Crippen LogP contribution in [0.25, 0.3) is 11.0 Å². The van der Waals surface area contributed by atoms with E-state index in [0.29, 0.717) is 22.3 Å². The maximum Gasteiger partial charge on any atom is 0.339 e. The van der Waals surface area contributed by atoms with Crippen LogP contribution in [-0.2, 0) is 10.1 Å². The number of fused-ring (bicyclic) bond motifs is 1. The zero-order chi connectivity index (χ0) is 20.5. The Labute approximate surface area is 157 Å². The van der Waals surface area contributed by atoms with Crippen LogP contribution in [0.1, 0.15) is 27.8 Å². The van der Waals surface area contributed by atoms with E-state index in [9.17, 15) is 18.3 Å². The van der Waals surface area contributed by atoms with Gasteiger partial charge in [-0.25, -0.2) is 4.79 Å². The lowest BCUT2D eigenvalue weighted by Gasteiger charge is -2.07. The summed E-state index contributed by atoms with van der Waals surface area (Å²) in [4.78, 5) is 11.3. The Morgan fingerprint density at radius 1 is 0.889 bits per heavy atom. The highest BCUT2D eigenvalue weighted by molar-refractivity contribution is 7.86. The molecular weight excluding hydrogens is 368 g/mol. The number of aromatic hydroxyl groups is 1. The van der Waals surface area contributed by atoms with Crippen molar-refractivity contribution < 1.29 is 22.5 Å². The molecule has 0 saturated carbocycles. The predicted molar refractivity (Wildman–Crippen MR) is 104 cm³/mol. The molecule has 0 atom stereocenters. The van der Waals surface area contributed by atoms with Crippen molar-refractivity contribution in [3.8, 4) is 5.75 Å². The van der Waals surface area contributed by atoms with Gasteiger partial charge >= 0.3 is 5.63 Å². The molecule has 0 radical (unpaired) electrons. The summed E-state index contributed by atoms with van der Waals surface area (Å²) in [7, 11) is -4.08. The van der Waals surface area contributed by atoms with Gasteiger partial charge in [0.1, 0.15) is 11.3 Å². The molecule has 1 aromatic heterocycles. The third-order valence-electron chi connectivity index (χ3n) is 4.30. The van der Waals surface area contributed by atoms with E-state index in [2.05, 4.69) is 0 Å². The van der Waals surface area contributed by atoms with Gasteiger partial charge in [0.2, 0.25) is 0 Å². The van der Waals surface area contributed by atoms with E-state index in [-0.39, 0.29) is 16.3 Å². The van der Waals surface area contributed by atoms with Crippen molar-refractivity contribution in [3.05, 3.63) is 68.6 Å². The SMILES string of the molecule is Cc1c(C)c2ccc(O)cc2oc1=O.Cc1cc(C)c(S(=O)(=O)O)c(C)c1. The zero-order valence-electron chi connectivity index (χ0n) is 15.8. The summed E-state index contributed by atoms with van der Waals surface area (Å²) in [5.41, 5.74) is 3.75. The molecule has 6 nitrogen and oxygen atoms in total. The van der Waals surface area contributed by atoms with Gasteiger partial charge in [-0.2, -0.15) is 8.42 Å². The second-order valence-electron chi connectivity index (χ2n) is 6.52. The lowest BCUT2D eigenvalue weighted by molar-refractivity contribution is 0.472. The average Bonchev–Trinajstić information content (AvgIpc) is 2.50. The van der Waals surface area contributed by atoms with Crippen LogP contribution in [0.2, 0.25) is 0 Å². The van der Waals surface area contributed by atoms with Gasteiger partial charge in [0.05, 0.1) is 4.90 Å². The van der Waals surface area contributed by atoms with E-state index in [0.717, 1.165) is 16.5 Å². The first-order valence-corrected chi connectivity index (χ1v) is 9.64. The average molecular weight is 390 g/mol. The number of phenols is 1. The summed E-state index contributed by atoms with van der Waals surface area (Å²) in [6, 6.07) is 8.24. The quantitative estimate of drug-likeness (QED) is 0.481. The Bertz CT molecular complexity index is 1150. The van der Waals surface area contributed by atoms with Gasteiger partial charge in [-0.05, 0) is 63.4 Å². The van der Waals surface area contributed by atoms with Gasteiger partial charge in [0.15, 0.2) is 0 Å². The monoisotopic (exact) mass is 390 g/mol. The lowest BCUT2D eigenvalue weighted by Crippen LogP contribution is -2.05. The van der Waals surface area contributed by atoms with E-state index < -0.39 is 10.1 Å². The fourth-order valence-corrected chi connectivity index (χ4v) is 3.94. The van der Waals surface area contributed by atoms with Gasteiger partial charge < -0.3 is 9.52 Å². The molecule has 2 N–H and O–H groups in total. The molecule has 27 heavy (non-hydrogen) atoms. The van der Waals surface area contributed by atoms with Crippen molar-refractivity contribution in [2.75, 3.05) is 0 Å². The standard InChI is InChI=1S/C11H10O3.C9H12O3S/c1-6-7(2)11(13)14-10-5-8(12)3-4-9(6)10;1-6-4-7(2)9(8(3)5-6)13(10,11)12/h3-5,12H,1-2H3;4-5H,1-3H3,(H,10,11,12). The van der Waals surface area contributed by atoms with Crippen LogP contribution in [-0.4, -0.2) is 18.1 Å². The highest BCUT2D eigenvalue weighted by Gasteiger charge is 2.16. The molecule has 0 bridgehead atoms. The molecule has 3 rings (SSSR count). The van der Waals surface area contributed by atoms with Crippen molar-refractivity contribution in [2.45, 2.75) is 39.5 Å². The molecule has 0 aliphatic carbocycles. The molecule has 0 fully saturated rings. The minimum absolute atomic E-state index is 0.0260. The largest absolute Gasteiger partial charge is 0.508 e. The molecule has 0 unspecified atom stereocenters. The molecule has 1 heterocycles. The molecule has 0 spiro atoms. The van der Waals surface area contributed by atoms with Crippen molar-refractivity contribution in [3.63, 3.8) is 0 Å². The van der Waals surface area contributed by atoms with Gasteiger partial charge in [0.25, 0.3) is 10.1 Å². The molecule has 0 amide bonds. The van der Waals surface area contributed by atoms with E-state index in [4.69, 9.17) is 8.97 Å².